The molecular formula is C30H37N3O5S. The molecule has 0 radical (unpaired) electrons. The first-order valence-electron chi connectivity index (χ1n) is 12.7. The van der Waals surface area contributed by atoms with Crippen LogP contribution in [0.3, 0.4) is 0 Å². The number of para-hydroxylation sites is 1. The first-order valence-corrected chi connectivity index (χ1v) is 14.2. The number of nitrogens with zero attached hydrogens (tertiary/aromatic N) is 2. The Labute approximate surface area is 231 Å². The molecule has 0 aliphatic carbocycles. The number of anilines is 1. The molecule has 39 heavy (non-hydrogen) atoms. The van der Waals surface area contributed by atoms with Gasteiger partial charge in [0.25, 0.3) is 10.0 Å². The molecule has 8 nitrogen and oxygen atoms in total. The maximum Gasteiger partial charge on any atom is 0.264 e. The number of hydrogen-bond donors (Lipinski definition) is 1. The molecule has 3 aromatic carbocycles. The average Bonchev–Trinajstić information content (AvgIpc) is 2.90. The number of benzene rings is 3. The Bertz CT molecular complexity index is 1380. The Morgan fingerprint density at radius 3 is 2.08 bits per heavy atom. The number of amides is 2. The molecule has 0 fully saturated rings. The third-order valence-electron chi connectivity index (χ3n) is 6.17. The third-order valence-corrected chi connectivity index (χ3v) is 7.95. The van der Waals surface area contributed by atoms with E-state index in [9.17, 15) is 18.0 Å². The van der Waals surface area contributed by atoms with Gasteiger partial charge in [-0.25, -0.2) is 8.42 Å². The largest absolute Gasteiger partial charge is 0.497 e. The Morgan fingerprint density at radius 2 is 1.51 bits per heavy atom. The van der Waals surface area contributed by atoms with Gasteiger partial charge < -0.3 is 15.0 Å². The molecule has 0 bridgehead atoms. The molecule has 208 valence electrons. The van der Waals surface area contributed by atoms with E-state index in [1.54, 1.807) is 69.5 Å². The van der Waals surface area contributed by atoms with Gasteiger partial charge in [-0.1, -0.05) is 48.5 Å². The van der Waals surface area contributed by atoms with Crippen LogP contribution < -0.4 is 14.4 Å². The number of methoxy groups -OCH3 is 1. The van der Waals surface area contributed by atoms with Gasteiger partial charge in [-0.05, 0) is 76.1 Å². The number of ether oxygens (including phenoxy) is 1. The number of rotatable bonds is 10. The molecule has 2 amide bonds. The Morgan fingerprint density at radius 1 is 0.923 bits per heavy atom. The molecule has 0 saturated carbocycles. The Hall–Kier alpha value is -3.85. The Balaban J connectivity index is 2.03. The summed E-state index contributed by atoms with van der Waals surface area (Å²) < 4.78 is 34.0. The second-order valence-electron chi connectivity index (χ2n) is 10.4. The van der Waals surface area contributed by atoms with E-state index in [1.165, 1.54) is 17.0 Å². The summed E-state index contributed by atoms with van der Waals surface area (Å²) in [6, 6.07) is 21.3. The lowest BCUT2D eigenvalue weighted by Crippen LogP contribution is -2.54. The zero-order valence-electron chi connectivity index (χ0n) is 23.3. The summed E-state index contributed by atoms with van der Waals surface area (Å²) in [5, 5.41) is 2.92. The highest BCUT2D eigenvalue weighted by Gasteiger charge is 2.33. The minimum absolute atomic E-state index is 0.0706. The molecule has 3 rings (SSSR count). The van der Waals surface area contributed by atoms with Crippen molar-refractivity contribution in [3.8, 4) is 5.75 Å². The number of sulfonamides is 1. The minimum Gasteiger partial charge on any atom is -0.497 e. The molecule has 0 aromatic heterocycles. The number of carbonyl (C=O) groups excluding carboxylic acids is 2. The van der Waals surface area contributed by atoms with Crippen molar-refractivity contribution in [1.29, 1.82) is 0 Å². The highest BCUT2D eigenvalue weighted by Crippen LogP contribution is 2.27. The van der Waals surface area contributed by atoms with Crippen molar-refractivity contribution in [3.63, 3.8) is 0 Å². The third kappa shape index (κ3) is 7.60. The molecule has 0 aliphatic rings. The van der Waals surface area contributed by atoms with Crippen LogP contribution in [0.25, 0.3) is 0 Å². The summed E-state index contributed by atoms with van der Waals surface area (Å²) in [6.07, 6.45) is 0. The van der Waals surface area contributed by atoms with E-state index in [0.29, 0.717) is 17.0 Å². The lowest BCUT2D eigenvalue weighted by atomic mass is 10.1. The van der Waals surface area contributed by atoms with E-state index in [1.807, 2.05) is 39.0 Å². The second-order valence-corrected chi connectivity index (χ2v) is 12.3. The van der Waals surface area contributed by atoms with Gasteiger partial charge in [0.2, 0.25) is 11.8 Å². The molecular weight excluding hydrogens is 514 g/mol. The second kappa shape index (κ2) is 12.3. The van der Waals surface area contributed by atoms with Gasteiger partial charge in [0.1, 0.15) is 18.3 Å². The quantitative estimate of drug-likeness (QED) is 0.399. The van der Waals surface area contributed by atoms with Gasteiger partial charge in [0, 0.05) is 12.1 Å². The van der Waals surface area contributed by atoms with E-state index >= 15 is 0 Å². The summed E-state index contributed by atoms with van der Waals surface area (Å²) in [5.41, 5.74) is 1.35. The summed E-state index contributed by atoms with van der Waals surface area (Å²) in [4.78, 5) is 28.6. The normalized spacial score (nSPS) is 12.4. The summed E-state index contributed by atoms with van der Waals surface area (Å²) in [7, 11) is -2.53. The zero-order valence-corrected chi connectivity index (χ0v) is 24.2. The van der Waals surface area contributed by atoms with Crippen molar-refractivity contribution in [1.82, 2.24) is 10.2 Å². The molecule has 9 heteroatoms. The van der Waals surface area contributed by atoms with Crippen molar-refractivity contribution >= 4 is 27.5 Å². The van der Waals surface area contributed by atoms with Crippen LogP contribution in [0.4, 0.5) is 5.69 Å². The first kappa shape index (κ1) is 29.7. The number of nitrogens with one attached hydrogen (secondary N) is 1. The van der Waals surface area contributed by atoms with Crippen molar-refractivity contribution in [2.75, 3.05) is 18.0 Å². The summed E-state index contributed by atoms with van der Waals surface area (Å²) in [6.45, 7) is 8.65. The van der Waals surface area contributed by atoms with Crippen LogP contribution in [0.15, 0.2) is 83.8 Å². The van der Waals surface area contributed by atoms with Crippen molar-refractivity contribution < 1.29 is 22.7 Å². The summed E-state index contributed by atoms with van der Waals surface area (Å²) in [5.74, 6) is -0.183. The lowest BCUT2D eigenvalue weighted by Gasteiger charge is -2.33. The van der Waals surface area contributed by atoms with Crippen LogP contribution in [0.1, 0.15) is 38.8 Å². The van der Waals surface area contributed by atoms with Gasteiger partial charge in [0.15, 0.2) is 0 Å². The fourth-order valence-corrected chi connectivity index (χ4v) is 5.56. The van der Waals surface area contributed by atoms with Crippen molar-refractivity contribution in [2.45, 2.75) is 57.6 Å². The van der Waals surface area contributed by atoms with Gasteiger partial charge in [-0.15, -0.1) is 0 Å². The molecule has 3 aromatic rings. The monoisotopic (exact) mass is 551 g/mol. The van der Waals surface area contributed by atoms with Gasteiger partial charge >= 0.3 is 0 Å². The average molecular weight is 552 g/mol. The van der Waals surface area contributed by atoms with E-state index in [0.717, 1.165) is 9.87 Å². The van der Waals surface area contributed by atoms with Crippen molar-refractivity contribution in [2.24, 2.45) is 0 Å². The van der Waals surface area contributed by atoms with Crippen LogP contribution >= 0.6 is 0 Å². The fourth-order valence-electron chi connectivity index (χ4n) is 4.06. The SMILES string of the molecule is COc1ccc(CN(C(=O)CN(c2ccccc2C)S(=O)(=O)c2ccccc2)[C@H](C)C(=O)NC(C)(C)C)cc1. The van der Waals surface area contributed by atoms with Crippen LogP contribution in [0.5, 0.6) is 5.75 Å². The first-order chi connectivity index (χ1) is 18.3. The molecule has 0 aliphatic heterocycles. The smallest absolute Gasteiger partial charge is 0.264 e. The summed E-state index contributed by atoms with van der Waals surface area (Å²) >= 11 is 0. The maximum absolute atomic E-state index is 14.0. The molecule has 0 spiro atoms. The van der Waals surface area contributed by atoms with Crippen LogP contribution in [-0.2, 0) is 26.2 Å². The van der Waals surface area contributed by atoms with Gasteiger partial charge in [-0.2, -0.15) is 0 Å². The number of hydrogen-bond acceptors (Lipinski definition) is 5. The van der Waals surface area contributed by atoms with Gasteiger partial charge in [-0.3, -0.25) is 13.9 Å². The molecule has 1 N–H and O–H groups in total. The van der Waals surface area contributed by atoms with Crippen LogP contribution in [0, 0.1) is 6.92 Å². The minimum atomic E-state index is -4.09. The maximum atomic E-state index is 14.0. The standard InChI is InChI=1S/C30H37N3O5S/c1-22-12-10-11-15-27(22)33(39(36,37)26-13-8-7-9-14-26)21-28(34)32(23(2)29(35)31-30(3,4)5)20-24-16-18-25(38-6)19-17-24/h7-19,23H,20-21H2,1-6H3,(H,31,35)/t23-/m1/s1. The topological polar surface area (TPSA) is 96.0 Å². The highest BCUT2D eigenvalue weighted by molar-refractivity contribution is 7.92. The predicted octanol–water partition coefficient (Wildman–Crippen LogP) is 4.53. The number of carbonyl (C=O) groups is 2. The molecule has 1 atom stereocenters. The van der Waals surface area contributed by atoms with Crippen molar-refractivity contribution in [3.05, 3.63) is 90.0 Å². The predicted molar refractivity (Wildman–Crippen MR) is 153 cm³/mol. The zero-order chi connectivity index (χ0) is 28.8. The van der Waals surface area contributed by atoms with Crippen LogP contribution in [-0.4, -0.2) is 50.4 Å². The van der Waals surface area contributed by atoms with Crippen LogP contribution in [0.2, 0.25) is 0 Å². The van der Waals surface area contributed by atoms with Gasteiger partial charge in [0.05, 0.1) is 17.7 Å². The molecule has 0 unspecified atom stereocenters. The van der Waals surface area contributed by atoms with E-state index in [2.05, 4.69) is 5.32 Å². The molecule has 0 saturated heterocycles. The van der Waals surface area contributed by atoms with E-state index in [-0.39, 0.29) is 17.3 Å². The fraction of sp³-hybridized carbons (Fsp3) is 0.333. The Kier molecular flexibility index (Phi) is 9.40. The van der Waals surface area contributed by atoms with E-state index in [4.69, 9.17) is 4.74 Å². The number of aryl methyl sites for hydroxylation is 1. The molecule has 0 heterocycles. The highest BCUT2D eigenvalue weighted by atomic mass is 32.2. The van der Waals surface area contributed by atoms with E-state index < -0.39 is 34.1 Å². The lowest BCUT2D eigenvalue weighted by molar-refractivity contribution is -0.140.